The number of benzene rings is 1. The van der Waals surface area contributed by atoms with E-state index >= 15 is 0 Å². The van der Waals surface area contributed by atoms with Crippen LogP contribution in [0.1, 0.15) is 27.7 Å². The van der Waals surface area contributed by atoms with Crippen molar-refractivity contribution in [2.45, 2.75) is 44.7 Å². The van der Waals surface area contributed by atoms with Crippen LogP contribution in [0.5, 0.6) is 5.75 Å². The number of carbonyl (C=O) groups is 1. The molecule has 19 heavy (non-hydrogen) atoms. The number of halogens is 2. The van der Waals surface area contributed by atoms with Crippen molar-refractivity contribution in [1.29, 1.82) is 0 Å². The van der Waals surface area contributed by atoms with Crippen LogP contribution in [0.4, 0.5) is 9.18 Å². The predicted molar refractivity (Wildman–Crippen MR) is 76.8 cm³/mol. The summed E-state index contributed by atoms with van der Waals surface area (Å²) in [7, 11) is 0. The summed E-state index contributed by atoms with van der Waals surface area (Å²) in [5, 5.41) is 0.171. The summed E-state index contributed by atoms with van der Waals surface area (Å²) in [6.45, 7) is 7.46. The Morgan fingerprint density at radius 2 is 1.84 bits per heavy atom. The fraction of sp³-hybridized carbons (Fsp3) is 0.462. The highest BCUT2D eigenvalue weighted by Crippen LogP contribution is 2.29. The average Bonchev–Trinajstić information content (AvgIpc) is 2.24. The van der Waals surface area contributed by atoms with Crippen LogP contribution in [0.15, 0.2) is 17.0 Å². The van der Waals surface area contributed by atoms with Gasteiger partial charge in [-0.05, 0) is 39.8 Å². The Balaban J connectivity index is 2.96. The van der Waals surface area contributed by atoms with E-state index < -0.39 is 11.9 Å². The molecule has 0 saturated heterocycles. The third-order valence-electron chi connectivity index (χ3n) is 2.52. The SMILES string of the molecule is CC(C)N(C(=O)Oc1cc(S)c(Cl)cc1F)C(C)C. The molecule has 1 rings (SSSR count). The minimum Gasteiger partial charge on any atom is -0.407 e. The molecular weight excluding hydrogens is 289 g/mol. The largest absolute Gasteiger partial charge is 0.415 e. The number of nitrogens with zero attached hydrogens (tertiary/aromatic N) is 1. The van der Waals surface area contributed by atoms with Crippen LogP contribution in [0.3, 0.4) is 0 Å². The summed E-state index contributed by atoms with van der Waals surface area (Å²) < 4.78 is 18.7. The molecule has 1 aromatic rings. The smallest absolute Gasteiger partial charge is 0.407 e. The third kappa shape index (κ3) is 4.01. The van der Waals surface area contributed by atoms with E-state index in [4.69, 9.17) is 16.3 Å². The molecule has 0 bridgehead atoms. The highest BCUT2D eigenvalue weighted by Gasteiger charge is 2.23. The first-order valence-corrected chi connectivity index (χ1v) is 6.74. The second-order valence-corrected chi connectivity index (χ2v) is 5.59. The van der Waals surface area contributed by atoms with E-state index in [1.165, 1.54) is 11.0 Å². The molecule has 0 unspecified atom stereocenters. The normalized spacial score (nSPS) is 11.0. The quantitative estimate of drug-likeness (QED) is 0.840. The van der Waals surface area contributed by atoms with Crippen molar-refractivity contribution in [3.05, 3.63) is 23.0 Å². The molecule has 3 nitrogen and oxygen atoms in total. The first-order valence-electron chi connectivity index (χ1n) is 5.92. The molecule has 1 aromatic carbocycles. The highest BCUT2D eigenvalue weighted by molar-refractivity contribution is 7.80. The van der Waals surface area contributed by atoms with Crippen molar-refractivity contribution in [1.82, 2.24) is 4.90 Å². The van der Waals surface area contributed by atoms with Gasteiger partial charge in [-0.15, -0.1) is 12.6 Å². The Labute approximate surface area is 123 Å². The van der Waals surface area contributed by atoms with Gasteiger partial charge in [0, 0.05) is 17.0 Å². The molecule has 0 aliphatic heterocycles. The zero-order valence-electron chi connectivity index (χ0n) is 11.3. The zero-order chi connectivity index (χ0) is 14.7. The van der Waals surface area contributed by atoms with Gasteiger partial charge >= 0.3 is 6.09 Å². The van der Waals surface area contributed by atoms with Crippen LogP contribution in [0, 0.1) is 5.82 Å². The molecule has 0 aliphatic carbocycles. The number of carbonyl (C=O) groups excluding carboxylic acids is 1. The number of thiol groups is 1. The molecule has 0 heterocycles. The Bertz CT molecular complexity index is 472. The molecule has 0 radical (unpaired) electrons. The van der Waals surface area contributed by atoms with E-state index in [9.17, 15) is 9.18 Å². The number of ether oxygens (including phenoxy) is 1. The monoisotopic (exact) mass is 305 g/mol. The number of hydrogen-bond donors (Lipinski definition) is 1. The van der Waals surface area contributed by atoms with Crippen LogP contribution in [0.2, 0.25) is 5.02 Å². The molecular formula is C13H17ClFNO2S. The molecule has 0 aliphatic rings. The molecule has 0 atom stereocenters. The second-order valence-electron chi connectivity index (χ2n) is 4.70. The summed E-state index contributed by atoms with van der Waals surface area (Å²) in [4.78, 5) is 13.9. The lowest BCUT2D eigenvalue weighted by Crippen LogP contribution is -2.43. The van der Waals surface area contributed by atoms with Crippen LogP contribution >= 0.6 is 24.2 Å². The molecule has 0 spiro atoms. The van der Waals surface area contributed by atoms with Crippen molar-refractivity contribution in [2.24, 2.45) is 0 Å². The van der Waals surface area contributed by atoms with Gasteiger partial charge in [-0.2, -0.15) is 0 Å². The van der Waals surface area contributed by atoms with E-state index in [0.717, 1.165) is 6.07 Å². The lowest BCUT2D eigenvalue weighted by molar-refractivity contribution is 0.121. The van der Waals surface area contributed by atoms with E-state index in [2.05, 4.69) is 12.6 Å². The Kier molecular flexibility index (Phi) is 5.50. The number of amides is 1. The summed E-state index contributed by atoms with van der Waals surface area (Å²) >= 11 is 9.79. The highest BCUT2D eigenvalue weighted by atomic mass is 35.5. The Morgan fingerprint density at radius 1 is 1.32 bits per heavy atom. The van der Waals surface area contributed by atoms with E-state index in [-0.39, 0.29) is 22.9 Å². The van der Waals surface area contributed by atoms with Gasteiger partial charge in [0.1, 0.15) is 0 Å². The summed E-state index contributed by atoms with van der Waals surface area (Å²) in [6, 6.07) is 2.27. The van der Waals surface area contributed by atoms with Crippen molar-refractivity contribution in [3.63, 3.8) is 0 Å². The average molecular weight is 306 g/mol. The molecule has 106 valence electrons. The molecule has 6 heteroatoms. The van der Waals surface area contributed by atoms with Gasteiger partial charge in [-0.1, -0.05) is 11.6 Å². The first-order chi connectivity index (χ1) is 8.73. The van der Waals surface area contributed by atoms with Gasteiger partial charge in [0.15, 0.2) is 11.6 Å². The number of hydrogen-bond acceptors (Lipinski definition) is 3. The van der Waals surface area contributed by atoms with Crippen molar-refractivity contribution in [2.75, 3.05) is 0 Å². The summed E-state index contributed by atoms with van der Waals surface area (Å²) in [6.07, 6.45) is -0.598. The fourth-order valence-electron chi connectivity index (χ4n) is 1.76. The standard InChI is InChI=1S/C13H17ClFNO2S/c1-7(2)16(8(3)4)13(17)18-11-6-12(19)9(14)5-10(11)15/h5-8,19H,1-4H3. The topological polar surface area (TPSA) is 29.5 Å². The predicted octanol–water partition coefficient (Wildman–Crippen LogP) is 4.39. The maximum Gasteiger partial charge on any atom is 0.415 e. The fourth-order valence-corrected chi connectivity index (χ4v) is 2.09. The maximum atomic E-state index is 13.6. The Morgan fingerprint density at radius 3 is 2.32 bits per heavy atom. The first kappa shape index (κ1) is 16.1. The van der Waals surface area contributed by atoms with Gasteiger partial charge < -0.3 is 9.64 Å². The summed E-state index contributed by atoms with van der Waals surface area (Å²) in [5.74, 6) is -0.866. The van der Waals surface area contributed by atoms with E-state index in [0.29, 0.717) is 4.90 Å². The lowest BCUT2D eigenvalue weighted by Gasteiger charge is -2.29. The molecule has 1 amide bonds. The van der Waals surface area contributed by atoms with E-state index in [1.807, 2.05) is 27.7 Å². The zero-order valence-corrected chi connectivity index (χ0v) is 12.9. The van der Waals surface area contributed by atoms with E-state index in [1.54, 1.807) is 0 Å². The second kappa shape index (κ2) is 6.48. The molecule has 0 fully saturated rings. The van der Waals surface area contributed by atoms with Crippen LogP contribution in [-0.2, 0) is 0 Å². The van der Waals surface area contributed by atoms with Gasteiger partial charge in [-0.25, -0.2) is 9.18 Å². The minimum atomic E-state index is -0.691. The van der Waals surface area contributed by atoms with Crippen molar-refractivity contribution >= 4 is 30.3 Å². The van der Waals surface area contributed by atoms with Gasteiger partial charge in [0.25, 0.3) is 0 Å². The van der Waals surface area contributed by atoms with Gasteiger partial charge in [-0.3, -0.25) is 0 Å². The number of rotatable bonds is 3. The van der Waals surface area contributed by atoms with Crippen LogP contribution < -0.4 is 4.74 Å². The minimum absolute atomic E-state index is 0.0432. The van der Waals surface area contributed by atoms with Crippen molar-refractivity contribution in [3.8, 4) is 5.75 Å². The Hall–Kier alpha value is -0.940. The maximum absolute atomic E-state index is 13.6. The van der Waals surface area contributed by atoms with Crippen LogP contribution in [-0.4, -0.2) is 23.1 Å². The lowest BCUT2D eigenvalue weighted by atomic mass is 10.2. The molecule has 0 aromatic heterocycles. The molecule has 0 saturated carbocycles. The van der Waals surface area contributed by atoms with Crippen molar-refractivity contribution < 1.29 is 13.9 Å². The third-order valence-corrected chi connectivity index (χ3v) is 3.34. The van der Waals surface area contributed by atoms with Crippen LogP contribution in [0.25, 0.3) is 0 Å². The summed E-state index contributed by atoms with van der Waals surface area (Å²) in [5.41, 5.74) is 0. The van der Waals surface area contributed by atoms with Gasteiger partial charge in [0.2, 0.25) is 0 Å². The molecule has 0 N–H and O–H groups in total. The van der Waals surface area contributed by atoms with Gasteiger partial charge in [0.05, 0.1) is 5.02 Å².